The number of aliphatic imine (C=N–C) groups is 1. The molecule has 206 valence electrons. The summed E-state index contributed by atoms with van der Waals surface area (Å²) in [6.07, 6.45) is 5.04. The van der Waals surface area contributed by atoms with Gasteiger partial charge in [0.05, 0.1) is 48.6 Å². The van der Waals surface area contributed by atoms with Crippen molar-refractivity contribution in [1.29, 1.82) is 0 Å². The van der Waals surface area contributed by atoms with Crippen LogP contribution in [0.15, 0.2) is 46.7 Å². The molecule has 2 aliphatic heterocycles. The third kappa shape index (κ3) is 5.96. The van der Waals surface area contributed by atoms with Gasteiger partial charge in [-0.2, -0.15) is 10.6 Å². The summed E-state index contributed by atoms with van der Waals surface area (Å²) in [6.45, 7) is 3.94. The van der Waals surface area contributed by atoms with Gasteiger partial charge in [-0.05, 0) is 31.1 Å². The van der Waals surface area contributed by atoms with Crippen molar-refractivity contribution >= 4 is 29.0 Å². The van der Waals surface area contributed by atoms with E-state index < -0.39 is 18.1 Å². The zero-order valence-corrected chi connectivity index (χ0v) is 21.9. The highest BCUT2D eigenvalue weighted by atomic mass is 35.5. The molecule has 0 aliphatic carbocycles. The molecule has 0 spiro atoms. The van der Waals surface area contributed by atoms with Crippen molar-refractivity contribution in [3.05, 3.63) is 58.8 Å². The molecule has 14 heteroatoms. The van der Waals surface area contributed by atoms with E-state index in [1.165, 1.54) is 10.7 Å². The van der Waals surface area contributed by atoms with Gasteiger partial charge in [-0.1, -0.05) is 11.6 Å². The van der Waals surface area contributed by atoms with Crippen LogP contribution in [-0.2, 0) is 4.74 Å². The van der Waals surface area contributed by atoms with Crippen LogP contribution < -0.4 is 10.3 Å². The van der Waals surface area contributed by atoms with Gasteiger partial charge in [-0.25, -0.2) is 23.3 Å². The summed E-state index contributed by atoms with van der Waals surface area (Å²) in [4.78, 5) is 14.2. The molecule has 3 aromatic heterocycles. The SMILES string of the molecule is C/C(N=CC1CCN(C2COC2)C[C@@H]1F)=C(/N=[NH2+])c1cc(OC[C@H](O)c2ncc(F)cn2)c2c(Cl)cnn2c1. The van der Waals surface area contributed by atoms with Gasteiger partial charge in [0.1, 0.15) is 30.1 Å². The van der Waals surface area contributed by atoms with Crippen molar-refractivity contribution in [2.75, 3.05) is 32.9 Å². The van der Waals surface area contributed by atoms with Gasteiger partial charge in [0.15, 0.2) is 17.3 Å². The molecule has 5 heterocycles. The Labute approximate surface area is 227 Å². The highest BCUT2D eigenvalue weighted by Gasteiger charge is 2.34. The van der Waals surface area contributed by atoms with Gasteiger partial charge in [0.25, 0.3) is 0 Å². The number of hydrogen-bond donors (Lipinski definition) is 2. The van der Waals surface area contributed by atoms with E-state index in [9.17, 15) is 13.9 Å². The van der Waals surface area contributed by atoms with Crippen LogP contribution in [0.4, 0.5) is 8.78 Å². The molecular weight excluding hydrogens is 534 g/mol. The van der Waals surface area contributed by atoms with Crippen molar-refractivity contribution in [2.45, 2.75) is 31.7 Å². The fourth-order valence-corrected chi connectivity index (χ4v) is 4.77. The summed E-state index contributed by atoms with van der Waals surface area (Å²) in [6, 6.07) is 1.94. The topological polar surface area (TPSA) is 135 Å². The molecule has 3 N–H and O–H groups in total. The molecule has 0 radical (unpaired) electrons. The van der Waals surface area contributed by atoms with Crippen LogP contribution in [0.3, 0.4) is 0 Å². The number of ether oxygens (including phenoxy) is 2. The number of hydrogen-bond acceptors (Lipinski definition) is 9. The molecule has 3 aromatic rings. The number of aliphatic hydroxyl groups excluding tert-OH is 1. The van der Waals surface area contributed by atoms with E-state index in [1.54, 1.807) is 25.4 Å². The number of halogens is 3. The maximum Gasteiger partial charge on any atom is 0.160 e. The number of rotatable bonds is 9. The second-order valence-electron chi connectivity index (χ2n) is 9.46. The minimum absolute atomic E-state index is 0.00363. The monoisotopic (exact) mass is 561 g/mol. The van der Waals surface area contributed by atoms with Crippen LogP contribution in [0.1, 0.15) is 30.8 Å². The zero-order valence-electron chi connectivity index (χ0n) is 21.1. The molecular formula is C25H28ClF2N8O3+. The van der Waals surface area contributed by atoms with E-state index in [0.717, 1.165) is 18.9 Å². The Kier molecular flexibility index (Phi) is 8.21. The van der Waals surface area contributed by atoms with Gasteiger partial charge in [0.2, 0.25) is 0 Å². The first kappa shape index (κ1) is 27.2. The maximum atomic E-state index is 14.9. The summed E-state index contributed by atoms with van der Waals surface area (Å²) in [5.41, 5.74) is 7.52. The second kappa shape index (κ2) is 11.8. The Bertz CT molecular complexity index is 1400. The molecule has 11 nitrogen and oxygen atoms in total. The third-order valence-corrected chi connectivity index (χ3v) is 7.11. The van der Waals surface area contributed by atoms with Gasteiger partial charge in [-0.3, -0.25) is 9.89 Å². The largest absolute Gasteiger partial charge is 0.488 e. The Hall–Kier alpha value is -3.39. The van der Waals surface area contributed by atoms with Gasteiger partial charge in [0, 0.05) is 30.4 Å². The first-order valence-corrected chi connectivity index (χ1v) is 12.8. The Morgan fingerprint density at radius 3 is 2.79 bits per heavy atom. The number of aromatic nitrogens is 4. The van der Waals surface area contributed by atoms with Crippen molar-refractivity contribution in [3.63, 3.8) is 0 Å². The fourth-order valence-electron chi connectivity index (χ4n) is 4.55. The molecule has 39 heavy (non-hydrogen) atoms. The predicted molar refractivity (Wildman–Crippen MR) is 137 cm³/mol. The molecule has 2 fully saturated rings. The Morgan fingerprint density at radius 2 is 2.13 bits per heavy atom. The van der Waals surface area contributed by atoms with Crippen LogP contribution in [0.5, 0.6) is 5.75 Å². The molecule has 2 saturated heterocycles. The van der Waals surface area contributed by atoms with E-state index in [0.29, 0.717) is 59.7 Å². The molecule has 3 atom stereocenters. The summed E-state index contributed by atoms with van der Waals surface area (Å²) in [5.74, 6) is -0.654. The number of nitrogens with two attached hydrogens (primary N) is 1. The third-order valence-electron chi connectivity index (χ3n) is 6.83. The average molecular weight is 562 g/mol. The molecule has 0 amide bonds. The number of pyridine rings is 1. The lowest BCUT2D eigenvalue weighted by Gasteiger charge is -2.42. The van der Waals surface area contributed by atoms with Crippen molar-refractivity contribution in [2.24, 2.45) is 16.0 Å². The number of likely N-dealkylation sites (tertiary alicyclic amines) is 1. The van der Waals surface area contributed by atoms with Crippen LogP contribution in [0.25, 0.3) is 11.2 Å². The summed E-state index contributed by atoms with van der Waals surface area (Å²) in [7, 11) is 0. The quantitative estimate of drug-likeness (QED) is 0.301. The minimum atomic E-state index is -1.23. The standard InChI is InChI=1S/C25H27ClF2N8O3/c1-14(30-5-15-2-3-35(10-20(15)28)18-11-38-12-18)23(34-29)16-4-22(24-19(26)8-33-36(24)9-16)39-13-21(37)25-31-6-17(27)7-32-25/h4-9,15,18,20-21,29,37H,2-3,10-13H2,1H3/p+1/b23-14-,30-5?,34-29?/t15?,20-,21-/m0/s1. The molecule has 2 aliphatic rings. The summed E-state index contributed by atoms with van der Waals surface area (Å²) < 4.78 is 40.6. The summed E-state index contributed by atoms with van der Waals surface area (Å²) >= 11 is 6.33. The Morgan fingerprint density at radius 1 is 1.36 bits per heavy atom. The van der Waals surface area contributed by atoms with Crippen LogP contribution >= 0.6 is 11.6 Å². The lowest BCUT2D eigenvalue weighted by Crippen LogP contribution is -2.54. The fraction of sp³-hybridized carbons (Fsp3) is 0.440. The van der Waals surface area contributed by atoms with Gasteiger partial charge < -0.3 is 14.6 Å². The van der Waals surface area contributed by atoms with E-state index in [2.05, 4.69) is 30.1 Å². The molecule has 5 rings (SSSR count). The number of aliphatic hydroxyl groups is 1. The van der Waals surface area contributed by atoms with E-state index in [-0.39, 0.29) is 24.1 Å². The smallest absolute Gasteiger partial charge is 0.160 e. The molecule has 0 aromatic carbocycles. The number of allylic oxidation sites excluding steroid dienone is 1. The molecule has 0 bridgehead atoms. The minimum Gasteiger partial charge on any atom is -0.488 e. The van der Waals surface area contributed by atoms with Crippen LogP contribution in [0, 0.1) is 11.7 Å². The molecule has 0 saturated carbocycles. The zero-order chi connectivity index (χ0) is 27.5. The summed E-state index contributed by atoms with van der Waals surface area (Å²) in [5, 5.41) is 18.9. The van der Waals surface area contributed by atoms with Crippen LogP contribution in [-0.4, -0.2) is 80.9 Å². The van der Waals surface area contributed by atoms with Gasteiger partial charge >= 0.3 is 0 Å². The van der Waals surface area contributed by atoms with E-state index >= 15 is 0 Å². The van der Waals surface area contributed by atoms with Crippen molar-refractivity contribution < 1.29 is 28.9 Å². The normalized spacial score (nSPS) is 22.1. The number of piperidine rings is 1. The Balaban J connectivity index is 1.35. The van der Waals surface area contributed by atoms with E-state index in [4.69, 9.17) is 26.6 Å². The van der Waals surface area contributed by atoms with Crippen molar-refractivity contribution in [1.82, 2.24) is 24.5 Å². The molecule has 1 unspecified atom stereocenters. The first-order valence-electron chi connectivity index (χ1n) is 12.4. The maximum absolute atomic E-state index is 14.9. The highest BCUT2D eigenvalue weighted by molar-refractivity contribution is 6.34. The van der Waals surface area contributed by atoms with E-state index in [1.807, 2.05) is 0 Å². The lowest BCUT2D eigenvalue weighted by atomic mass is 9.94. The second-order valence-corrected chi connectivity index (χ2v) is 9.87. The number of fused-ring (bicyclic) bond motifs is 1. The first-order chi connectivity index (χ1) is 18.8. The van der Waals surface area contributed by atoms with Crippen molar-refractivity contribution in [3.8, 4) is 5.75 Å². The van der Waals surface area contributed by atoms with Crippen LogP contribution in [0.2, 0.25) is 5.02 Å². The predicted octanol–water partition coefficient (Wildman–Crippen LogP) is 2.06. The highest BCUT2D eigenvalue weighted by Crippen LogP contribution is 2.32. The number of nitrogens with zero attached hydrogens (tertiary/aromatic N) is 7. The average Bonchev–Trinajstić information content (AvgIpc) is 3.27. The number of alkyl halides is 1. The lowest BCUT2D eigenvalue weighted by molar-refractivity contribution is -0.209. The van der Waals surface area contributed by atoms with Gasteiger partial charge in [-0.15, -0.1) is 0 Å².